The highest BCUT2D eigenvalue weighted by Gasteiger charge is 2.46. The second kappa shape index (κ2) is 5.89. The van der Waals surface area contributed by atoms with Crippen molar-refractivity contribution in [3.63, 3.8) is 0 Å². The lowest BCUT2D eigenvalue weighted by atomic mass is 9.57. The van der Waals surface area contributed by atoms with Crippen molar-refractivity contribution in [3.05, 3.63) is 35.4 Å². The number of benzene rings is 1. The minimum absolute atomic E-state index is 0.491. The Morgan fingerprint density at radius 1 is 1.10 bits per heavy atom. The van der Waals surface area contributed by atoms with E-state index in [2.05, 4.69) is 43.4 Å². The van der Waals surface area contributed by atoms with Gasteiger partial charge in [0.05, 0.1) is 0 Å². The van der Waals surface area contributed by atoms with Crippen molar-refractivity contribution >= 4 is 0 Å². The maximum absolute atomic E-state index is 3.93. The number of rotatable bonds is 4. The standard InChI is InChI=1S/C19H29N/c1-3-16-7-9-17(10-8-16)15(2)20-18-11-14-19(18)12-5-4-6-13-19/h7-10,15,18,20H,3-6,11-14H2,1-2H3. The van der Waals surface area contributed by atoms with E-state index in [1.165, 1.54) is 56.1 Å². The molecular formula is C19H29N. The van der Waals surface area contributed by atoms with E-state index >= 15 is 0 Å². The van der Waals surface area contributed by atoms with Gasteiger partial charge in [-0.3, -0.25) is 0 Å². The molecule has 0 aromatic heterocycles. The lowest BCUT2D eigenvalue weighted by molar-refractivity contribution is 0.0174. The fourth-order valence-corrected chi connectivity index (χ4v) is 4.25. The normalized spacial score (nSPS) is 26.2. The summed E-state index contributed by atoms with van der Waals surface area (Å²) in [6, 6.07) is 10.4. The molecule has 1 aromatic rings. The van der Waals surface area contributed by atoms with Crippen LogP contribution in [0.3, 0.4) is 0 Å². The van der Waals surface area contributed by atoms with Gasteiger partial charge in [-0.05, 0) is 55.6 Å². The zero-order valence-electron chi connectivity index (χ0n) is 13.1. The van der Waals surface area contributed by atoms with Crippen molar-refractivity contribution < 1.29 is 0 Å². The minimum atomic E-state index is 0.491. The van der Waals surface area contributed by atoms with Gasteiger partial charge in [-0.15, -0.1) is 0 Å². The molecule has 20 heavy (non-hydrogen) atoms. The van der Waals surface area contributed by atoms with E-state index in [4.69, 9.17) is 0 Å². The minimum Gasteiger partial charge on any atom is -0.307 e. The molecule has 110 valence electrons. The van der Waals surface area contributed by atoms with Crippen LogP contribution in [0.2, 0.25) is 0 Å². The van der Waals surface area contributed by atoms with Gasteiger partial charge >= 0.3 is 0 Å². The predicted molar refractivity (Wildman–Crippen MR) is 85.9 cm³/mol. The van der Waals surface area contributed by atoms with E-state index < -0.39 is 0 Å². The summed E-state index contributed by atoms with van der Waals surface area (Å²) in [6.45, 7) is 4.55. The molecule has 0 heterocycles. The highest BCUT2D eigenvalue weighted by Crippen LogP contribution is 2.52. The van der Waals surface area contributed by atoms with Crippen molar-refractivity contribution in [1.29, 1.82) is 0 Å². The molecule has 1 spiro atoms. The average molecular weight is 271 g/mol. The zero-order valence-corrected chi connectivity index (χ0v) is 13.1. The van der Waals surface area contributed by atoms with Crippen LogP contribution >= 0.6 is 0 Å². The Balaban J connectivity index is 1.62. The maximum Gasteiger partial charge on any atom is 0.0294 e. The van der Waals surface area contributed by atoms with Crippen molar-refractivity contribution in [2.75, 3.05) is 0 Å². The van der Waals surface area contributed by atoms with Crippen molar-refractivity contribution in [3.8, 4) is 0 Å². The van der Waals surface area contributed by atoms with Gasteiger partial charge < -0.3 is 5.32 Å². The summed E-state index contributed by atoms with van der Waals surface area (Å²) >= 11 is 0. The van der Waals surface area contributed by atoms with Gasteiger partial charge in [-0.1, -0.05) is 50.5 Å². The third kappa shape index (κ3) is 2.65. The van der Waals surface area contributed by atoms with Crippen LogP contribution in [-0.2, 0) is 6.42 Å². The van der Waals surface area contributed by atoms with E-state index in [-0.39, 0.29) is 0 Å². The first-order valence-electron chi connectivity index (χ1n) is 8.58. The second-order valence-electron chi connectivity index (χ2n) is 7.00. The highest BCUT2D eigenvalue weighted by molar-refractivity contribution is 5.25. The molecule has 1 heteroatoms. The SMILES string of the molecule is CCc1ccc(C(C)NC2CCC23CCCCC3)cc1. The fraction of sp³-hybridized carbons (Fsp3) is 0.684. The molecule has 2 unspecified atom stereocenters. The average Bonchev–Trinajstić information content (AvgIpc) is 2.52. The molecule has 0 bridgehead atoms. The van der Waals surface area contributed by atoms with Crippen LogP contribution in [0.5, 0.6) is 0 Å². The van der Waals surface area contributed by atoms with E-state index in [0.29, 0.717) is 11.5 Å². The van der Waals surface area contributed by atoms with Crippen LogP contribution in [0.1, 0.15) is 76.0 Å². The molecule has 2 atom stereocenters. The third-order valence-corrected chi connectivity index (χ3v) is 5.86. The van der Waals surface area contributed by atoms with E-state index in [9.17, 15) is 0 Å². The van der Waals surface area contributed by atoms with Gasteiger partial charge in [0.25, 0.3) is 0 Å². The smallest absolute Gasteiger partial charge is 0.0294 e. The van der Waals surface area contributed by atoms with E-state index in [1.807, 2.05) is 0 Å². The first-order valence-corrected chi connectivity index (χ1v) is 8.58. The van der Waals surface area contributed by atoms with Crippen molar-refractivity contribution in [2.45, 2.75) is 77.3 Å². The molecule has 2 aliphatic rings. The number of hydrogen-bond donors (Lipinski definition) is 1. The van der Waals surface area contributed by atoms with Gasteiger partial charge in [-0.25, -0.2) is 0 Å². The van der Waals surface area contributed by atoms with Crippen LogP contribution in [-0.4, -0.2) is 6.04 Å². The molecule has 1 nitrogen and oxygen atoms in total. The molecule has 0 amide bonds. The molecule has 3 rings (SSSR count). The largest absolute Gasteiger partial charge is 0.307 e. The van der Waals surface area contributed by atoms with E-state index in [0.717, 1.165) is 12.5 Å². The van der Waals surface area contributed by atoms with Crippen LogP contribution < -0.4 is 5.32 Å². The van der Waals surface area contributed by atoms with Gasteiger partial charge in [0.2, 0.25) is 0 Å². The zero-order chi connectivity index (χ0) is 14.0. The Morgan fingerprint density at radius 3 is 2.35 bits per heavy atom. The van der Waals surface area contributed by atoms with Crippen LogP contribution in [0.15, 0.2) is 24.3 Å². The molecular weight excluding hydrogens is 242 g/mol. The van der Waals surface area contributed by atoms with Crippen molar-refractivity contribution in [1.82, 2.24) is 5.32 Å². The molecule has 0 radical (unpaired) electrons. The summed E-state index contributed by atoms with van der Waals surface area (Å²) in [4.78, 5) is 0. The third-order valence-electron chi connectivity index (χ3n) is 5.86. The molecule has 2 saturated carbocycles. The lowest BCUT2D eigenvalue weighted by Gasteiger charge is -2.53. The summed E-state index contributed by atoms with van der Waals surface area (Å²) in [5, 5.41) is 3.93. The Morgan fingerprint density at radius 2 is 1.80 bits per heavy atom. The summed E-state index contributed by atoms with van der Waals surface area (Å²) in [6.07, 6.45) is 11.3. The molecule has 0 saturated heterocycles. The first kappa shape index (κ1) is 14.1. The number of nitrogens with one attached hydrogen (secondary N) is 1. The number of aryl methyl sites for hydroxylation is 1. The maximum atomic E-state index is 3.93. The quantitative estimate of drug-likeness (QED) is 0.811. The van der Waals surface area contributed by atoms with E-state index in [1.54, 1.807) is 0 Å². The van der Waals surface area contributed by atoms with Crippen LogP contribution in [0.25, 0.3) is 0 Å². The van der Waals surface area contributed by atoms with Gasteiger partial charge in [0.15, 0.2) is 0 Å². The fourth-order valence-electron chi connectivity index (χ4n) is 4.25. The molecule has 2 fully saturated rings. The first-order chi connectivity index (χ1) is 9.73. The monoisotopic (exact) mass is 271 g/mol. The Bertz CT molecular complexity index is 428. The van der Waals surface area contributed by atoms with Gasteiger partial charge in [-0.2, -0.15) is 0 Å². The molecule has 1 N–H and O–H groups in total. The lowest BCUT2D eigenvalue weighted by Crippen LogP contribution is -2.54. The topological polar surface area (TPSA) is 12.0 Å². The predicted octanol–water partition coefficient (Wildman–Crippen LogP) is 5.01. The van der Waals surface area contributed by atoms with Crippen molar-refractivity contribution in [2.24, 2.45) is 5.41 Å². The summed E-state index contributed by atoms with van der Waals surface area (Å²) in [5.74, 6) is 0. The summed E-state index contributed by atoms with van der Waals surface area (Å²) in [5.41, 5.74) is 3.55. The summed E-state index contributed by atoms with van der Waals surface area (Å²) in [7, 11) is 0. The number of hydrogen-bond acceptors (Lipinski definition) is 1. The van der Waals surface area contributed by atoms with Crippen LogP contribution in [0, 0.1) is 5.41 Å². The molecule has 1 aromatic carbocycles. The second-order valence-corrected chi connectivity index (χ2v) is 7.00. The Hall–Kier alpha value is -0.820. The molecule has 0 aliphatic heterocycles. The molecule has 2 aliphatic carbocycles. The van der Waals surface area contributed by atoms with Crippen LogP contribution in [0.4, 0.5) is 0 Å². The summed E-state index contributed by atoms with van der Waals surface area (Å²) < 4.78 is 0. The Labute approximate surface area is 124 Å². The Kier molecular flexibility index (Phi) is 4.16. The highest BCUT2D eigenvalue weighted by atomic mass is 15.0. The van der Waals surface area contributed by atoms with Gasteiger partial charge in [0.1, 0.15) is 0 Å². The van der Waals surface area contributed by atoms with Gasteiger partial charge in [0, 0.05) is 12.1 Å².